The molecular weight excluding hydrogens is 134 g/mol. The summed E-state index contributed by atoms with van der Waals surface area (Å²) in [5.41, 5.74) is 6.52. The van der Waals surface area contributed by atoms with E-state index in [1.54, 1.807) is 0 Å². The summed E-state index contributed by atoms with van der Waals surface area (Å²) in [4.78, 5) is 0. The van der Waals surface area contributed by atoms with Crippen molar-refractivity contribution in [2.45, 2.75) is 45.1 Å². The normalized spacial score (nSPS) is 49.1. The van der Waals surface area contributed by atoms with E-state index in [2.05, 4.69) is 13.8 Å². The van der Waals surface area contributed by atoms with Crippen molar-refractivity contribution in [3.8, 4) is 0 Å². The summed E-state index contributed by atoms with van der Waals surface area (Å²) in [7, 11) is 0. The van der Waals surface area contributed by atoms with E-state index in [4.69, 9.17) is 5.73 Å². The van der Waals surface area contributed by atoms with Gasteiger partial charge in [0.25, 0.3) is 0 Å². The second-order valence-electron chi connectivity index (χ2n) is 4.89. The molecule has 2 rings (SSSR count). The van der Waals surface area contributed by atoms with Crippen molar-refractivity contribution in [3.63, 3.8) is 0 Å². The highest BCUT2D eigenvalue weighted by molar-refractivity contribution is 5.03. The van der Waals surface area contributed by atoms with Gasteiger partial charge in [0.1, 0.15) is 0 Å². The predicted molar refractivity (Wildman–Crippen MR) is 47.2 cm³/mol. The largest absolute Gasteiger partial charge is 0.325 e. The molecular formula is C10H19N. The number of hydrogen-bond acceptors (Lipinski definition) is 1. The molecule has 0 saturated heterocycles. The predicted octanol–water partition coefficient (Wildman–Crippen LogP) is 2.16. The molecule has 1 nitrogen and oxygen atoms in total. The van der Waals surface area contributed by atoms with Gasteiger partial charge in [-0.15, -0.1) is 0 Å². The van der Waals surface area contributed by atoms with Crippen molar-refractivity contribution in [2.24, 2.45) is 23.5 Å². The Morgan fingerprint density at radius 1 is 1.18 bits per heavy atom. The quantitative estimate of drug-likeness (QED) is 0.614. The van der Waals surface area contributed by atoms with Crippen LogP contribution in [0.25, 0.3) is 0 Å². The Morgan fingerprint density at radius 3 is 1.91 bits per heavy atom. The lowest BCUT2D eigenvalue weighted by Gasteiger charge is -2.29. The van der Waals surface area contributed by atoms with Crippen molar-refractivity contribution in [1.29, 1.82) is 0 Å². The summed E-state index contributed by atoms with van der Waals surface area (Å²) in [5, 5.41) is 0. The third-order valence-electron chi connectivity index (χ3n) is 4.01. The average molecular weight is 153 g/mol. The Hall–Kier alpha value is -0.0400. The Labute approximate surface area is 69.4 Å². The van der Waals surface area contributed by atoms with Crippen LogP contribution in [0.5, 0.6) is 0 Å². The van der Waals surface area contributed by atoms with Gasteiger partial charge in [0, 0.05) is 5.54 Å². The van der Waals surface area contributed by atoms with Crippen molar-refractivity contribution in [1.82, 2.24) is 0 Å². The van der Waals surface area contributed by atoms with Crippen LogP contribution in [0.4, 0.5) is 0 Å². The fourth-order valence-electron chi connectivity index (χ4n) is 2.71. The maximum absolute atomic E-state index is 6.32. The molecule has 0 amide bonds. The van der Waals surface area contributed by atoms with Crippen molar-refractivity contribution in [3.05, 3.63) is 0 Å². The van der Waals surface area contributed by atoms with Gasteiger partial charge in [-0.25, -0.2) is 0 Å². The zero-order chi connectivity index (χ0) is 8.06. The average Bonchev–Trinajstić information content (AvgIpc) is 2.13. The minimum Gasteiger partial charge on any atom is -0.325 e. The van der Waals surface area contributed by atoms with Crippen LogP contribution in [0.1, 0.15) is 39.5 Å². The van der Waals surface area contributed by atoms with E-state index >= 15 is 0 Å². The van der Waals surface area contributed by atoms with Crippen molar-refractivity contribution in [2.75, 3.05) is 0 Å². The van der Waals surface area contributed by atoms with Crippen LogP contribution in [0, 0.1) is 17.8 Å². The third kappa shape index (κ3) is 1.01. The molecule has 2 fully saturated rings. The molecule has 2 aliphatic rings. The van der Waals surface area contributed by atoms with E-state index in [0.29, 0.717) is 5.92 Å². The third-order valence-corrected chi connectivity index (χ3v) is 4.01. The van der Waals surface area contributed by atoms with Gasteiger partial charge >= 0.3 is 0 Å². The smallest absolute Gasteiger partial charge is 0.0183 e. The van der Waals surface area contributed by atoms with Crippen LogP contribution in [-0.4, -0.2) is 5.54 Å². The Bertz CT molecular complexity index is 150. The number of fused-ring (bicyclic) bond motifs is 1. The van der Waals surface area contributed by atoms with E-state index in [1.165, 1.54) is 25.7 Å². The van der Waals surface area contributed by atoms with E-state index in [9.17, 15) is 0 Å². The van der Waals surface area contributed by atoms with E-state index < -0.39 is 0 Å². The van der Waals surface area contributed by atoms with Crippen molar-refractivity contribution >= 4 is 0 Å². The molecule has 0 aromatic rings. The van der Waals surface area contributed by atoms with Crippen LogP contribution in [0.2, 0.25) is 0 Å². The first-order valence-electron chi connectivity index (χ1n) is 4.91. The first-order chi connectivity index (χ1) is 5.12. The van der Waals surface area contributed by atoms with Crippen LogP contribution in [0.15, 0.2) is 0 Å². The second-order valence-corrected chi connectivity index (χ2v) is 4.89. The molecule has 2 unspecified atom stereocenters. The molecule has 2 N–H and O–H groups in total. The molecule has 2 atom stereocenters. The number of hydrogen-bond donors (Lipinski definition) is 1. The summed E-state index contributed by atoms with van der Waals surface area (Å²) < 4.78 is 0. The molecule has 0 aliphatic heterocycles. The summed E-state index contributed by atoms with van der Waals surface area (Å²) in [6, 6.07) is 0. The van der Waals surface area contributed by atoms with Gasteiger partial charge in [-0.1, -0.05) is 13.8 Å². The van der Waals surface area contributed by atoms with Crippen LogP contribution < -0.4 is 5.73 Å². The van der Waals surface area contributed by atoms with Crippen LogP contribution >= 0.6 is 0 Å². The molecule has 0 bridgehead atoms. The lowest BCUT2D eigenvalue weighted by atomic mass is 9.77. The van der Waals surface area contributed by atoms with Crippen molar-refractivity contribution < 1.29 is 0 Å². The second kappa shape index (κ2) is 2.22. The summed E-state index contributed by atoms with van der Waals surface area (Å²) in [5.74, 6) is 2.68. The van der Waals surface area contributed by atoms with Crippen LogP contribution in [0.3, 0.4) is 0 Å². The minimum atomic E-state index is 0.200. The molecule has 0 radical (unpaired) electrons. The highest BCUT2D eigenvalue weighted by Gasteiger charge is 2.48. The standard InChI is InChI=1S/C10H19N/c1-7(2)10(11)5-8-3-4-9(8)6-10/h7-9H,3-6,11H2,1-2H3. The lowest BCUT2D eigenvalue weighted by Crippen LogP contribution is -2.42. The Balaban J connectivity index is 2.06. The van der Waals surface area contributed by atoms with Gasteiger partial charge in [0.15, 0.2) is 0 Å². The van der Waals surface area contributed by atoms with E-state index in [-0.39, 0.29) is 5.54 Å². The first-order valence-corrected chi connectivity index (χ1v) is 4.91. The molecule has 1 heteroatoms. The van der Waals surface area contributed by atoms with Crippen LogP contribution in [-0.2, 0) is 0 Å². The molecule has 11 heavy (non-hydrogen) atoms. The maximum atomic E-state index is 6.32. The minimum absolute atomic E-state index is 0.200. The Morgan fingerprint density at radius 2 is 1.64 bits per heavy atom. The molecule has 64 valence electrons. The first kappa shape index (κ1) is 7.60. The monoisotopic (exact) mass is 153 g/mol. The van der Waals surface area contributed by atoms with Gasteiger partial charge in [-0.3, -0.25) is 0 Å². The highest BCUT2D eigenvalue weighted by Crippen LogP contribution is 2.52. The molecule has 0 heterocycles. The van der Waals surface area contributed by atoms with Gasteiger partial charge in [0.05, 0.1) is 0 Å². The maximum Gasteiger partial charge on any atom is 0.0183 e. The zero-order valence-corrected chi connectivity index (χ0v) is 7.64. The van der Waals surface area contributed by atoms with Gasteiger partial charge in [-0.05, 0) is 43.4 Å². The fourth-order valence-corrected chi connectivity index (χ4v) is 2.71. The van der Waals surface area contributed by atoms with Gasteiger partial charge in [0.2, 0.25) is 0 Å². The molecule has 0 aromatic carbocycles. The summed E-state index contributed by atoms with van der Waals surface area (Å²) in [6.45, 7) is 4.54. The molecule has 0 spiro atoms. The summed E-state index contributed by atoms with van der Waals surface area (Å²) in [6.07, 6.45) is 5.51. The SMILES string of the molecule is CC(C)C1(N)CC2CCC2C1. The lowest BCUT2D eigenvalue weighted by molar-refractivity contribution is 0.219. The molecule has 2 aliphatic carbocycles. The van der Waals surface area contributed by atoms with Gasteiger partial charge < -0.3 is 5.73 Å². The zero-order valence-electron chi connectivity index (χ0n) is 7.64. The fraction of sp³-hybridized carbons (Fsp3) is 1.00. The molecule has 2 saturated carbocycles. The van der Waals surface area contributed by atoms with E-state index in [1.807, 2.05) is 0 Å². The number of rotatable bonds is 1. The Kier molecular flexibility index (Phi) is 1.54. The topological polar surface area (TPSA) is 26.0 Å². The highest BCUT2D eigenvalue weighted by atomic mass is 14.8. The number of nitrogens with two attached hydrogens (primary N) is 1. The van der Waals surface area contributed by atoms with Gasteiger partial charge in [-0.2, -0.15) is 0 Å². The van der Waals surface area contributed by atoms with E-state index in [0.717, 1.165) is 11.8 Å². The molecule has 0 aromatic heterocycles. The summed E-state index contributed by atoms with van der Waals surface area (Å²) >= 11 is 0.